The lowest BCUT2D eigenvalue weighted by Gasteiger charge is -2.40. The highest BCUT2D eigenvalue weighted by Gasteiger charge is 2.39. The van der Waals surface area contributed by atoms with Gasteiger partial charge in [-0.1, -0.05) is 0 Å². The molecule has 14 heavy (non-hydrogen) atoms. The first-order valence-electron chi connectivity index (χ1n) is 5.20. The van der Waals surface area contributed by atoms with Gasteiger partial charge in [-0.15, -0.1) is 0 Å². The van der Waals surface area contributed by atoms with Crippen molar-refractivity contribution in [2.45, 2.75) is 51.1 Å². The van der Waals surface area contributed by atoms with Crippen LogP contribution in [0.3, 0.4) is 0 Å². The fourth-order valence-corrected chi connectivity index (χ4v) is 2.04. The summed E-state index contributed by atoms with van der Waals surface area (Å²) in [7, 11) is 0. The van der Waals surface area contributed by atoms with Gasteiger partial charge in [0.15, 0.2) is 11.6 Å². The average Bonchev–Trinajstić information content (AvgIpc) is 2.12. The molecule has 0 unspecified atom stereocenters. The van der Waals surface area contributed by atoms with Gasteiger partial charge in [0, 0.05) is 6.42 Å². The monoisotopic (exact) mass is 196 g/mol. The summed E-state index contributed by atoms with van der Waals surface area (Å²) in [6.07, 6.45) is 6.22. The van der Waals surface area contributed by atoms with Crippen molar-refractivity contribution in [2.24, 2.45) is 0 Å². The lowest BCUT2D eigenvalue weighted by molar-refractivity contribution is -0.262. The van der Waals surface area contributed by atoms with Crippen molar-refractivity contribution in [3.8, 4) is 0 Å². The fourth-order valence-electron chi connectivity index (χ4n) is 2.04. The molecule has 3 heteroatoms. The third-order valence-electron chi connectivity index (χ3n) is 2.82. The first kappa shape index (κ1) is 9.87. The van der Waals surface area contributed by atoms with E-state index in [-0.39, 0.29) is 18.0 Å². The van der Waals surface area contributed by atoms with E-state index in [9.17, 15) is 4.79 Å². The molecule has 0 N–H and O–H groups in total. The van der Waals surface area contributed by atoms with E-state index in [1.165, 1.54) is 0 Å². The van der Waals surface area contributed by atoms with Crippen molar-refractivity contribution in [3.05, 3.63) is 12.2 Å². The summed E-state index contributed by atoms with van der Waals surface area (Å²) in [6, 6.07) is 0. The minimum absolute atomic E-state index is 0.0254. The van der Waals surface area contributed by atoms with Gasteiger partial charge in [0.2, 0.25) is 0 Å². The van der Waals surface area contributed by atoms with Crippen molar-refractivity contribution in [1.82, 2.24) is 0 Å². The number of rotatable bonds is 0. The van der Waals surface area contributed by atoms with Crippen LogP contribution < -0.4 is 0 Å². The van der Waals surface area contributed by atoms with Gasteiger partial charge in [-0.25, -0.2) is 0 Å². The molecule has 2 aliphatic heterocycles. The molecule has 2 rings (SSSR count). The van der Waals surface area contributed by atoms with Gasteiger partial charge in [0.05, 0.1) is 6.10 Å². The molecule has 0 radical (unpaired) electrons. The highest BCUT2D eigenvalue weighted by molar-refractivity contribution is 5.94. The van der Waals surface area contributed by atoms with Crippen molar-refractivity contribution >= 4 is 5.78 Å². The molecule has 0 aromatic carbocycles. The molecule has 0 aliphatic carbocycles. The Bertz CT molecular complexity index is 272. The summed E-state index contributed by atoms with van der Waals surface area (Å²) in [6.45, 7) is 3.81. The Labute approximate surface area is 84.1 Å². The van der Waals surface area contributed by atoms with Crippen LogP contribution in [-0.2, 0) is 14.3 Å². The number of carbonyl (C=O) groups excluding carboxylic acids is 1. The molecule has 3 nitrogen and oxygen atoms in total. The second-order valence-electron chi connectivity index (χ2n) is 4.13. The highest BCUT2D eigenvalue weighted by Crippen LogP contribution is 2.34. The molecule has 2 aliphatic rings. The molecule has 1 saturated heterocycles. The fraction of sp³-hybridized carbons (Fsp3) is 0.727. The lowest BCUT2D eigenvalue weighted by atomic mass is 9.98. The molecular weight excluding hydrogens is 180 g/mol. The van der Waals surface area contributed by atoms with Crippen molar-refractivity contribution in [3.63, 3.8) is 0 Å². The number of carbonyl (C=O) groups is 1. The average molecular weight is 196 g/mol. The summed E-state index contributed by atoms with van der Waals surface area (Å²) in [5.74, 6) is -0.595. The van der Waals surface area contributed by atoms with Gasteiger partial charge in [-0.05, 0) is 38.8 Å². The zero-order valence-electron chi connectivity index (χ0n) is 8.66. The van der Waals surface area contributed by atoms with Gasteiger partial charge in [-0.3, -0.25) is 4.79 Å². The summed E-state index contributed by atoms with van der Waals surface area (Å²) < 4.78 is 11.4. The van der Waals surface area contributed by atoms with Crippen LogP contribution >= 0.6 is 0 Å². The predicted molar refractivity (Wildman–Crippen MR) is 51.8 cm³/mol. The van der Waals surface area contributed by atoms with Crippen LogP contribution in [0.25, 0.3) is 0 Å². The Morgan fingerprint density at radius 3 is 2.86 bits per heavy atom. The topological polar surface area (TPSA) is 35.5 Å². The quantitative estimate of drug-likeness (QED) is 0.592. The van der Waals surface area contributed by atoms with E-state index in [0.29, 0.717) is 0 Å². The summed E-state index contributed by atoms with van der Waals surface area (Å²) in [5.41, 5.74) is 0. The van der Waals surface area contributed by atoms with Crippen LogP contribution in [0.4, 0.5) is 0 Å². The van der Waals surface area contributed by atoms with Crippen LogP contribution in [0, 0.1) is 0 Å². The Morgan fingerprint density at radius 1 is 1.43 bits per heavy atom. The van der Waals surface area contributed by atoms with Crippen molar-refractivity contribution < 1.29 is 14.3 Å². The molecule has 0 saturated carbocycles. The Kier molecular flexibility index (Phi) is 2.45. The van der Waals surface area contributed by atoms with Crippen LogP contribution in [0.1, 0.15) is 33.1 Å². The van der Waals surface area contributed by atoms with Crippen LogP contribution in [0.15, 0.2) is 12.2 Å². The second kappa shape index (κ2) is 3.48. The van der Waals surface area contributed by atoms with Crippen LogP contribution in [0.5, 0.6) is 0 Å². The van der Waals surface area contributed by atoms with Gasteiger partial charge in [0.1, 0.15) is 6.10 Å². The lowest BCUT2D eigenvalue weighted by Crippen LogP contribution is -2.46. The van der Waals surface area contributed by atoms with Gasteiger partial charge >= 0.3 is 0 Å². The third kappa shape index (κ3) is 1.74. The van der Waals surface area contributed by atoms with E-state index in [4.69, 9.17) is 9.47 Å². The molecule has 1 spiro atoms. The summed E-state index contributed by atoms with van der Waals surface area (Å²) in [4.78, 5) is 11.2. The zero-order valence-corrected chi connectivity index (χ0v) is 8.66. The van der Waals surface area contributed by atoms with Gasteiger partial charge in [0.25, 0.3) is 0 Å². The van der Waals surface area contributed by atoms with E-state index < -0.39 is 5.79 Å². The normalized spacial score (nSPS) is 43.1. The molecule has 2 heterocycles. The minimum Gasteiger partial charge on any atom is -0.343 e. The number of ketones is 1. The summed E-state index contributed by atoms with van der Waals surface area (Å²) in [5, 5.41) is 0. The smallest absolute Gasteiger partial charge is 0.189 e. The molecule has 0 aromatic rings. The van der Waals surface area contributed by atoms with E-state index in [1.807, 2.05) is 6.92 Å². The first-order valence-corrected chi connectivity index (χ1v) is 5.20. The van der Waals surface area contributed by atoms with Gasteiger partial charge in [-0.2, -0.15) is 0 Å². The van der Waals surface area contributed by atoms with Crippen LogP contribution in [-0.4, -0.2) is 23.8 Å². The third-order valence-corrected chi connectivity index (χ3v) is 2.82. The minimum atomic E-state index is -0.620. The van der Waals surface area contributed by atoms with Gasteiger partial charge < -0.3 is 9.47 Å². The Balaban J connectivity index is 2.16. The van der Waals surface area contributed by atoms with E-state index >= 15 is 0 Å². The van der Waals surface area contributed by atoms with E-state index in [0.717, 1.165) is 19.3 Å². The highest BCUT2D eigenvalue weighted by atomic mass is 16.7. The molecule has 1 fully saturated rings. The zero-order chi connectivity index (χ0) is 10.2. The maximum absolute atomic E-state index is 11.2. The van der Waals surface area contributed by atoms with E-state index in [1.54, 1.807) is 19.1 Å². The Morgan fingerprint density at radius 2 is 2.21 bits per heavy atom. The molecule has 3 atom stereocenters. The second-order valence-corrected chi connectivity index (χ2v) is 4.13. The summed E-state index contributed by atoms with van der Waals surface area (Å²) >= 11 is 0. The first-order chi connectivity index (χ1) is 6.61. The maximum atomic E-state index is 11.2. The molecule has 0 amide bonds. The van der Waals surface area contributed by atoms with Crippen molar-refractivity contribution in [2.75, 3.05) is 0 Å². The maximum Gasteiger partial charge on any atom is 0.189 e. The number of hydrogen-bond acceptors (Lipinski definition) is 3. The van der Waals surface area contributed by atoms with E-state index in [2.05, 4.69) is 0 Å². The molecule has 78 valence electrons. The Hall–Kier alpha value is -0.670. The number of hydrogen-bond donors (Lipinski definition) is 0. The largest absolute Gasteiger partial charge is 0.343 e. The standard InChI is InChI=1S/C11H16O3/c1-8-4-3-6-11(13-8)7-5-10(12)9(2)14-11/h5,7-9H,3-4,6H2,1-2H3/t8-,9+,11-/m0/s1. The SMILES string of the molecule is C[C@H]1CCC[C@]2(C=CC(=O)[C@@H](C)O2)O1. The number of ether oxygens (including phenoxy) is 2. The molecule has 0 bridgehead atoms. The van der Waals surface area contributed by atoms with Crippen LogP contribution in [0.2, 0.25) is 0 Å². The van der Waals surface area contributed by atoms with Crippen molar-refractivity contribution in [1.29, 1.82) is 0 Å². The predicted octanol–water partition coefficient (Wildman–Crippen LogP) is 1.82. The molecular formula is C11H16O3. The molecule has 0 aromatic heterocycles.